The lowest BCUT2D eigenvalue weighted by atomic mass is 10.2. The lowest BCUT2D eigenvalue weighted by Gasteiger charge is -2.09. The van der Waals surface area contributed by atoms with E-state index in [9.17, 15) is 14.0 Å². The number of urea groups is 1. The third-order valence-electron chi connectivity index (χ3n) is 3.55. The Labute approximate surface area is 154 Å². The van der Waals surface area contributed by atoms with Gasteiger partial charge in [0.2, 0.25) is 5.91 Å². The maximum atomic E-state index is 13.1. The fourth-order valence-corrected chi connectivity index (χ4v) is 2.28. The van der Waals surface area contributed by atoms with E-state index in [1.54, 1.807) is 41.6 Å². The SMILES string of the molecule is O=C(CNC(=O)NCc1ccnc(-n2ccnc2)c1)Nc1cccc(F)c1. The van der Waals surface area contributed by atoms with E-state index in [0.717, 1.165) is 5.56 Å². The molecule has 3 amide bonds. The molecule has 3 rings (SSSR count). The number of aromatic nitrogens is 3. The first kappa shape index (κ1) is 18.1. The van der Waals surface area contributed by atoms with Crippen molar-refractivity contribution in [1.82, 2.24) is 25.2 Å². The molecule has 3 N–H and O–H groups in total. The molecule has 27 heavy (non-hydrogen) atoms. The molecular formula is C18H17FN6O2. The fourth-order valence-electron chi connectivity index (χ4n) is 2.28. The van der Waals surface area contributed by atoms with E-state index in [0.29, 0.717) is 11.5 Å². The normalized spacial score (nSPS) is 10.3. The number of imidazole rings is 1. The van der Waals surface area contributed by atoms with Gasteiger partial charge in [-0.2, -0.15) is 0 Å². The van der Waals surface area contributed by atoms with E-state index in [-0.39, 0.29) is 13.1 Å². The number of carbonyl (C=O) groups excluding carboxylic acids is 2. The first-order valence-electron chi connectivity index (χ1n) is 8.10. The summed E-state index contributed by atoms with van der Waals surface area (Å²) in [7, 11) is 0. The summed E-state index contributed by atoms with van der Waals surface area (Å²) in [4.78, 5) is 31.8. The number of amides is 3. The summed E-state index contributed by atoms with van der Waals surface area (Å²) in [6.45, 7) is 0.0283. The molecule has 138 valence electrons. The summed E-state index contributed by atoms with van der Waals surface area (Å²) in [6.07, 6.45) is 6.68. The van der Waals surface area contributed by atoms with Gasteiger partial charge in [-0.3, -0.25) is 9.36 Å². The van der Waals surface area contributed by atoms with Gasteiger partial charge in [0.25, 0.3) is 0 Å². The lowest BCUT2D eigenvalue weighted by Crippen LogP contribution is -2.39. The summed E-state index contributed by atoms with van der Waals surface area (Å²) in [5, 5.41) is 7.60. The van der Waals surface area contributed by atoms with Crippen LogP contribution >= 0.6 is 0 Å². The summed E-state index contributed by atoms with van der Waals surface area (Å²) in [5.41, 5.74) is 1.17. The van der Waals surface area contributed by atoms with Gasteiger partial charge in [-0.05, 0) is 35.9 Å². The van der Waals surface area contributed by atoms with Crippen molar-refractivity contribution in [2.24, 2.45) is 0 Å². The van der Waals surface area contributed by atoms with E-state index in [1.165, 1.54) is 18.2 Å². The summed E-state index contributed by atoms with van der Waals surface area (Å²) < 4.78 is 14.8. The van der Waals surface area contributed by atoms with Crippen molar-refractivity contribution < 1.29 is 14.0 Å². The maximum Gasteiger partial charge on any atom is 0.315 e. The third-order valence-corrected chi connectivity index (χ3v) is 3.55. The van der Waals surface area contributed by atoms with Crippen LogP contribution in [0, 0.1) is 5.82 Å². The van der Waals surface area contributed by atoms with Gasteiger partial charge < -0.3 is 16.0 Å². The van der Waals surface area contributed by atoms with Crippen molar-refractivity contribution in [2.45, 2.75) is 6.54 Å². The number of carbonyl (C=O) groups is 2. The van der Waals surface area contributed by atoms with E-state index in [1.807, 2.05) is 6.07 Å². The molecule has 1 aromatic carbocycles. The molecule has 0 aliphatic carbocycles. The molecule has 0 bridgehead atoms. The Morgan fingerprint density at radius 1 is 1.11 bits per heavy atom. The van der Waals surface area contributed by atoms with Crippen LogP contribution in [0.2, 0.25) is 0 Å². The molecular weight excluding hydrogens is 351 g/mol. The van der Waals surface area contributed by atoms with Crippen LogP contribution < -0.4 is 16.0 Å². The largest absolute Gasteiger partial charge is 0.334 e. The maximum absolute atomic E-state index is 13.1. The average molecular weight is 368 g/mol. The topological polar surface area (TPSA) is 101 Å². The smallest absolute Gasteiger partial charge is 0.315 e. The first-order chi connectivity index (χ1) is 13.1. The van der Waals surface area contributed by atoms with Crippen molar-refractivity contribution in [1.29, 1.82) is 0 Å². The summed E-state index contributed by atoms with van der Waals surface area (Å²) in [5.74, 6) is -0.227. The lowest BCUT2D eigenvalue weighted by molar-refractivity contribution is -0.115. The van der Waals surface area contributed by atoms with Gasteiger partial charge in [-0.15, -0.1) is 0 Å². The number of hydrogen-bond donors (Lipinski definition) is 3. The van der Waals surface area contributed by atoms with Gasteiger partial charge in [0.1, 0.15) is 18.0 Å². The predicted octanol–water partition coefficient (Wildman–Crippen LogP) is 1.84. The molecule has 0 aliphatic heterocycles. The van der Waals surface area contributed by atoms with Crippen LogP contribution in [0.5, 0.6) is 0 Å². The minimum atomic E-state index is -0.495. The zero-order valence-corrected chi connectivity index (χ0v) is 14.2. The Morgan fingerprint density at radius 2 is 2.00 bits per heavy atom. The Kier molecular flexibility index (Phi) is 5.73. The van der Waals surface area contributed by atoms with E-state index < -0.39 is 17.8 Å². The number of nitrogens with one attached hydrogen (secondary N) is 3. The van der Waals surface area contributed by atoms with Crippen LogP contribution in [0.3, 0.4) is 0 Å². The molecule has 0 saturated heterocycles. The molecule has 0 radical (unpaired) electrons. The second kappa shape index (κ2) is 8.56. The third kappa shape index (κ3) is 5.36. The van der Waals surface area contributed by atoms with Crippen LogP contribution in [0.15, 0.2) is 61.3 Å². The number of nitrogens with zero attached hydrogens (tertiary/aromatic N) is 3. The fraction of sp³-hybridized carbons (Fsp3) is 0.111. The van der Waals surface area contributed by atoms with Crippen molar-refractivity contribution in [2.75, 3.05) is 11.9 Å². The monoisotopic (exact) mass is 368 g/mol. The number of halogens is 1. The quantitative estimate of drug-likeness (QED) is 0.618. The standard InChI is InChI=1S/C18H17FN6O2/c19-14-2-1-3-15(9-14)24-17(26)11-23-18(27)22-10-13-4-5-21-16(8-13)25-7-6-20-12-25/h1-9,12H,10-11H2,(H,24,26)(H2,22,23,27). The molecule has 9 heteroatoms. The zero-order valence-electron chi connectivity index (χ0n) is 14.2. The van der Waals surface area contributed by atoms with E-state index in [4.69, 9.17) is 0 Å². The molecule has 2 aromatic heterocycles. The molecule has 0 saturated carbocycles. The van der Waals surface area contributed by atoms with Crippen molar-refractivity contribution in [3.63, 3.8) is 0 Å². The van der Waals surface area contributed by atoms with Gasteiger partial charge in [-0.25, -0.2) is 19.2 Å². The number of anilines is 1. The zero-order chi connectivity index (χ0) is 19.1. The average Bonchev–Trinajstić information content (AvgIpc) is 3.20. The Bertz CT molecular complexity index is 929. The molecule has 0 fully saturated rings. The van der Waals surface area contributed by atoms with Crippen molar-refractivity contribution in [3.8, 4) is 5.82 Å². The van der Waals surface area contributed by atoms with Gasteiger partial charge >= 0.3 is 6.03 Å². The van der Waals surface area contributed by atoms with Gasteiger partial charge in [0, 0.05) is 30.8 Å². The number of rotatable bonds is 6. The number of hydrogen-bond acceptors (Lipinski definition) is 4. The van der Waals surface area contributed by atoms with Crippen LogP contribution in [0.4, 0.5) is 14.9 Å². The molecule has 0 atom stereocenters. The van der Waals surface area contributed by atoms with Crippen molar-refractivity contribution >= 4 is 17.6 Å². The highest BCUT2D eigenvalue weighted by Crippen LogP contribution is 2.08. The first-order valence-corrected chi connectivity index (χ1v) is 8.10. The summed E-state index contributed by atoms with van der Waals surface area (Å²) >= 11 is 0. The molecule has 0 unspecified atom stereocenters. The molecule has 2 heterocycles. The van der Waals surface area contributed by atoms with Crippen molar-refractivity contribution in [3.05, 3.63) is 72.7 Å². The van der Waals surface area contributed by atoms with Crippen LogP contribution in [0.25, 0.3) is 5.82 Å². The highest BCUT2D eigenvalue weighted by molar-refractivity contribution is 5.94. The summed E-state index contributed by atoms with van der Waals surface area (Å²) in [6, 6.07) is 8.61. The van der Waals surface area contributed by atoms with Gasteiger partial charge in [0.05, 0.1) is 6.54 Å². The van der Waals surface area contributed by atoms with E-state index in [2.05, 4.69) is 25.9 Å². The van der Waals surface area contributed by atoms with Crippen LogP contribution in [-0.2, 0) is 11.3 Å². The molecule has 8 nitrogen and oxygen atoms in total. The van der Waals surface area contributed by atoms with Crippen LogP contribution in [-0.4, -0.2) is 33.0 Å². The Hall–Kier alpha value is -3.75. The number of benzene rings is 1. The second-order valence-corrected chi connectivity index (χ2v) is 5.59. The molecule has 0 aliphatic rings. The Balaban J connectivity index is 1.44. The van der Waals surface area contributed by atoms with Crippen LogP contribution in [0.1, 0.15) is 5.56 Å². The van der Waals surface area contributed by atoms with Gasteiger partial charge in [0.15, 0.2) is 0 Å². The second-order valence-electron chi connectivity index (χ2n) is 5.59. The minimum Gasteiger partial charge on any atom is -0.334 e. The van der Waals surface area contributed by atoms with Gasteiger partial charge in [-0.1, -0.05) is 6.07 Å². The predicted molar refractivity (Wildman–Crippen MR) is 96.6 cm³/mol. The highest BCUT2D eigenvalue weighted by atomic mass is 19.1. The highest BCUT2D eigenvalue weighted by Gasteiger charge is 2.07. The minimum absolute atomic E-state index is 0.237. The molecule has 0 spiro atoms. The Morgan fingerprint density at radius 3 is 2.78 bits per heavy atom. The number of pyridine rings is 1. The molecule has 3 aromatic rings. The van der Waals surface area contributed by atoms with E-state index >= 15 is 0 Å².